The molecule has 2 aromatic carbocycles. The number of rotatable bonds is 3. The smallest absolute Gasteiger partial charge is 0.326 e. The Morgan fingerprint density at radius 1 is 1.15 bits per heavy atom. The minimum absolute atomic E-state index is 0.113. The van der Waals surface area contributed by atoms with Crippen LogP contribution >= 0.6 is 11.6 Å². The zero-order valence-corrected chi connectivity index (χ0v) is 14.1. The highest BCUT2D eigenvalue weighted by Crippen LogP contribution is 2.38. The lowest BCUT2D eigenvalue weighted by atomic mass is 10.1. The van der Waals surface area contributed by atoms with E-state index in [9.17, 15) is 22.8 Å². The van der Waals surface area contributed by atoms with Gasteiger partial charge in [0.1, 0.15) is 0 Å². The van der Waals surface area contributed by atoms with Gasteiger partial charge in [0.2, 0.25) is 11.8 Å². The Morgan fingerprint density at radius 3 is 2.58 bits per heavy atom. The maximum Gasteiger partial charge on any atom is 0.418 e. The molecule has 3 rings (SSSR count). The van der Waals surface area contributed by atoms with Crippen molar-refractivity contribution in [3.8, 4) is 0 Å². The molecule has 1 unspecified atom stereocenters. The Hall–Kier alpha value is -2.54. The normalized spacial score (nSPS) is 17.5. The Morgan fingerprint density at radius 2 is 1.88 bits per heavy atom. The van der Waals surface area contributed by atoms with Crippen molar-refractivity contribution in [3.05, 3.63) is 59.1 Å². The first-order valence-corrected chi connectivity index (χ1v) is 8.16. The summed E-state index contributed by atoms with van der Waals surface area (Å²) in [6, 6.07) is 11.3. The molecule has 136 valence electrons. The van der Waals surface area contributed by atoms with Crippen molar-refractivity contribution in [3.63, 3.8) is 0 Å². The van der Waals surface area contributed by atoms with Crippen LogP contribution < -0.4 is 10.2 Å². The lowest BCUT2D eigenvalue weighted by molar-refractivity contribution is -0.137. The second-order valence-corrected chi connectivity index (χ2v) is 6.36. The van der Waals surface area contributed by atoms with E-state index in [-0.39, 0.29) is 18.7 Å². The third-order valence-corrected chi connectivity index (χ3v) is 4.32. The number of halogens is 4. The van der Waals surface area contributed by atoms with Crippen LogP contribution in [0.2, 0.25) is 5.02 Å². The van der Waals surface area contributed by atoms with E-state index in [1.54, 1.807) is 24.3 Å². The molecule has 0 saturated carbocycles. The summed E-state index contributed by atoms with van der Waals surface area (Å²) in [5.74, 6) is -1.71. The van der Waals surface area contributed by atoms with Gasteiger partial charge in [-0.3, -0.25) is 9.59 Å². The number of carbonyl (C=O) groups excluding carboxylic acids is 2. The third-order valence-electron chi connectivity index (χ3n) is 4.09. The molecule has 1 aliphatic rings. The Kier molecular flexibility index (Phi) is 4.91. The van der Waals surface area contributed by atoms with E-state index in [0.717, 1.165) is 11.0 Å². The first kappa shape index (κ1) is 18.3. The minimum atomic E-state index is -4.59. The van der Waals surface area contributed by atoms with Gasteiger partial charge in [-0.2, -0.15) is 13.2 Å². The van der Waals surface area contributed by atoms with Gasteiger partial charge in [-0.25, -0.2) is 0 Å². The van der Waals surface area contributed by atoms with Gasteiger partial charge in [-0.05, 0) is 30.3 Å². The molecule has 1 saturated heterocycles. The largest absolute Gasteiger partial charge is 0.418 e. The van der Waals surface area contributed by atoms with Crippen molar-refractivity contribution < 1.29 is 22.8 Å². The summed E-state index contributed by atoms with van der Waals surface area (Å²) in [7, 11) is 0. The van der Waals surface area contributed by atoms with Gasteiger partial charge >= 0.3 is 6.18 Å². The van der Waals surface area contributed by atoms with E-state index in [2.05, 4.69) is 5.32 Å². The molecule has 1 N–H and O–H groups in total. The molecular weight excluding hydrogens is 369 g/mol. The zero-order valence-electron chi connectivity index (χ0n) is 13.4. The molecule has 4 nitrogen and oxygen atoms in total. The van der Waals surface area contributed by atoms with Gasteiger partial charge in [0.15, 0.2) is 0 Å². The van der Waals surface area contributed by atoms with Gasteiger partial charge in [0.25, 0.3) is 0 Å². The van der Waals surface area contributed by atoms with Crippen LogP contribution in [0.25, 0.3) is 0 Å². The lowest BCUT2D eigenvalue weighted by Gasteiger charge is -2.21. The molecule has 8 heteroatoms. The van der Waals surface area contributed by atoms with Crippen LogP contribution in [0.5, 0.6) is 0 Å². The van der Waals surface area contributed by atoms with Crippen molar-refractivity contribution in [2.24, 2.45) is 5.92 Å². The average Bonchev–Trinajstić information content (AvgIpc) is 2.96. The van der Waals surface area contributed by atoms with Crippen molar-refractivity contribution in [2.75, 3.05) is 16.8 Å². The number of alkyl halides is 3. The number of hydrogen-bond donors (Lipinski definition) is 1. The second kappa shape index (κ2) is 6.99. The van der Waals surface area contributed by atoms with Crippen LogP contribution in [0.15, 0.2) is 48.5 Å². The SMILES string of the molecule is O=C(Nc1cccc(Cl)c1)C1CC(=O)N(c2ccccc2C(F)(F)F)C1. The number of amides is 2. The number of nitrogens with zero attached hydrogens (tertiary/aromatic N) is 1. The second-order valence-electron chi connectivity index (χ2n) is 5.92. The number of carbonyl (C=O) groups is 2. The van der Waals surface area contributed by atoms with E-state index in [0.29, 0.717) is 10.7 Å². The molecule has 1 aliphatic heterocycles. The molecular formula is C18H14ClF3N2O2. The number of nitrogens with one attached hydrogen (secondary N) is 1. The molecule has 0 radical (unpaired) electrons. The zero-order chi connectivity index (χ0) is 18.9. The van der Waals surface area contributed by atoms with Gasteiger partial charge in [0.05, 0.1) is 17.2 Å². The summed E-state index contributed by atoms with van der Waals surface area (Å²) in [5.41, 5.74) is -0.670. The fourth-order valence-electron chi connectivity index (χ4n) is 2.88. The van der Waals surface area contributed by atoms with E-state index < -0.39 is 29.5 Å². The van der Waals surface area contributed by atoms with Crippen LogP contribution in [0.3, 0.4) is 0 Å². The molecule has 0 aliphatic carbocycles. The minimum Gasteiger partial charge on any atom is -0.326 e. The van der Waals surface area contributed by atoms with Gasteiger partial charge in [-0.1, -0.05) is 29.8 Å². The van der Waals surface area contributed by atoms with Crippen LogP contribution in [0.4, 0.5) is 24.5 Å². The molecule has 1 atom stereocenters. The molecule has 0 bridgehead atoms. The predicted molar refractivity (Wildman–Crippen MR) is 92.0 cm³/mol. The number of benzene rings is 2. The topological polar surface area (TPSA) is 49.4 Å². The summed E-state index contributed by atoms with van der Waals surface area (Å²) < 4.78 is 39.5. The first-order valence-electron chi connectivity index (χ1n) is 7.79. The fourth-order valence-corrected chi connectivity index (χ4v) is 3.07. The average molecular weight is 383 g/mol. The third kappa shape index (κ3) is 3.83. The van der Waals surface area contributed by atoms with Gasteiger partial charge < -0.3 is 10.2 Å². The van der Waals surface area contributed by atoms with Crippen LogP contribution in [-0.2, 0) is 15.8 Å². The Balaban J connectivity index is 1.78. The van der Waals surface area contributed by atoms with E-state index >= 15 is 0 Å². The first-order chi connectivity index (χ1) is 12.3. The summed E-state index contributed by atoms with van der Waals surface area (Å²) in [6.07, 6.45) is -4.74. The van der Waals surface area contributed by atoms with Crippen molar-refractivity contribution in [1.29, 1.82) is 0 Å². The van der Waals surface area contributed by atoms with Crippen LogP contribution in [0.1, 0.15) is 12.0 Å². The maximum absolute atomic E-state index is 13.2. The van der Waals surface area contributed by atoms with Crippen molar-refractivity contribution in [1.82, 2.24) is 0 Å². The van der Waals surface area contributed by atoms with Crippen molar-refractivity contribution in [2.45, 2.75) is 12.6 Å². The summed E-state index contributed by atoms with van der Waals surface area (Å²) in [5, 5.41) is 3.07. The Bertz CT molecular complexity index is 854. The van der Waals surface area contributed by atoms with E-state index in [1.165, 1.54) is 18.2 Å². The number of hydrogen-bond acceptors (Lipinski definition) is 2. The van der Waals surface area contributed by atoms with Crippen LogP contribution in [0, 0.1) is 5.92 Å². The summed E-state index contributed by atoms with van der Waals surface area (Å²) in [4.78, 5) is 25.6. The maximum atomic E-state index is 13.2. The summed E-state index contributed by atoms with van der Waals surface area (Å²) >= 11 is 5.85. The van der Waals surface area contributed by atoms with E-state index in [1.807, 2.05) is 0 Å². The highest BCUT2D eigenvalue weighted by atomic mass is 35.5. The van der Waals surface area contributed by atoms with Gasteiger partial charge in [0, 0.05) is 23.7 Å². The number of anilines is 2. The quantitative estimate of drug-likeness (QED) is 0.858. The molecule has 1 fully saturated rings. The predicted octanol–water partition coefficient (Wildman–Crippen LogP) is 4.35. The molecule has 2 aromatic rings. The molecule has 26 heavy (non-hydrogen) atoms. The van der Waals surface area contributed by atoms with E-state index in [4.69, 9.17) is 11.6 Å². The summed E-state index contributed by atoms with van der Waals surface area (Å²) in [6.45, 7) is -0.113. The van der Waals surface area contributed by atoms with Gasteiger partial charge in [-0.15, -0.1) is 0 Å². The van der Waals surface area contributed by atoms with Crippen molar-refractivity contribution >= 4 is 34.8 Å². The Labute approximate surface area is 152 Å². The highest BCUT2D eigenvalue weighted by molar-refractivity contribution is 6.30. The lowest BCUT2D eigenvalue weighted by Crippen LogP contribution is -2.29. The standard InChI is InChI=1S/C18H14ClF3N2O2/c19-12-4-3-5-13(9-12)23-17(26)11-8-16(25)24(10-11)15-7-2-1-6-14(15)18(20,21)22/h1-7,9,11H,8,10H2,(H,23,26). The molecule has 0 spiro atoms. The molecule has 0 aromatic heterocycles. The fraction of sp³-hybridized carbons (Fsp3) is 0.222. The highest BCUT2D eigenvalue weighted by Gasteiger charge is 2.40. The van der Waals surface area contributed by atoms with Crippen LogP contribution in [-0.4, -0.2) is 18.4 Å². The molecule has 2 amide bonds. The molecule has 1 heterocycles. The number of para-hydroxylation sites is 1. The monoisotopic (exact) mass is 382 g/mol.